The molecule has 0 aliphatic heterocycles. The summed E-state index contributed by atoms with van der Waals surface area (Å²) in [5.41, 5.74) is 1.04. The quantitative estimate of drug-likeness (QED) is 0.448. The number of aromatic carboxylic acids is 1. The normalized spacial score (nSPS) is 10.5. The first kappa shape index (κ1) is 20.1. The van der Waals surface area contributed by atoms with Gasteiger partial charge in [-0.25, -0.2) is 9.48 Å². The summed E-state index contributed by atoms with van der Waals surface area (Å²) in [4.78, 5) is 35.6. The number of nitro groups is 1. The van der Waals surface area contributed by atoms with Crippen molar-refractivity contribution in [3.8, 4) is 0 Å². The highest BCUT2D eigenvalue weighted by molar-refractivity contribution is 7.99. The van der Waals surface area contributed by atoms with Crippen molar-refractivity contribution in [1.29, 1.82) is 0 Å². The molecule has 1 amide bonds. The summed E-state index contributed by atoms with van der Waals surface area (Å²) in [5, 5.41) is 26.7. The van der Waals surface area contributed by atoms with Gasteiger partial charge in [0.15, 0.2) is 0 Å². The Morgan fingerprint density at radius 3 is 2.55 bits per heavy atom. The first-order valence-corrected chi connectivity index (χ1v) is 9.22. The molecule has 1 heterocycles. The lowest BCUT2D eigenvalue weighted by Gasteiger charge is -2.09. The van der Waals surface area contributed by atoms with Crippen molar-refractivity contribution < 1.29 is 19.6 Å². The van der Waals surface area contributed by atoms with Crippen LogP contribution in [0.3, 0.4) is 0 Å². The van der Waals surface area contributed by atoms with Crippen molar-refractivity contribution in [2.45, 2.75) is 23.3 Å². The number of aryl methyl sites for hydroxylation is 1. The molecule has 0 saturated heterocycles. The highest BCUT2D eigenvalue weighted by Gasteiger charge is 2.16. The Labute approximate surface area is 169 Å². The Kier molecular flexibility index (Phi) is 5.93. The number of benzene rings is 2. The number of carbonyl (C=O) groups is 2. The van der Waals surface area contributed by atoms with Crippen LogP contribution in [-0.2, 0) is 11.3 Å². The van der Waals surface area contributed by atoms with Gasteiger partial charge in [-0.1, -0.05) is 29.5 Å². The summed E-state index contributed by atoms with van der Waals surface area (Å²) in [6, 6.07) is 13.3. The van der Waals surface area contributed by atoms with E-state index in [4.69, 9.17) is 5.11 Å². The summed E-state index contributed by atoms with van der Waals surface area (Å²) >= 11 is 1.33. The maximum absolute atomic E-state index is 12.3. The predicted molar refractivity (Wildman–Crippen MR) is 106 cm³/mol. The third kappa shape index (κ3) is 5.20. The van der Waals surface area contributed by atoms with Crippen LogP contribution in [0, 0.1) is 17.0 Å². The van der Waals surface area contributed by atoms with Gasteiger partial charge in [-0.15, -0.1) is 0 Å². The number of rotatable bonds is 7. The number of carboxylic acids is 1. The number of non-ortho nitro benzene ring substituents is 1. The van der Waals surface area contributed by atoms with E-state index >= 15 is 0 Å². The Bertz CT molecular complexity index is 1080. The lowest BCUT2D eigenvalue weighted by molar-refractivity contribution is -0.385. The zero-order valence-electron chi connectivity index (χ0n) is 15.2. The minimum absolute atomic E-state index is 0.130. The maximum atomic E-state index is 12.3. The largest absolute Gasteiger partial charge is 0.477 e. The van der Waals surface area contributed by atoms with Gasteiger partial charge in [-0.05, 0) is 31.2 Å². The zero-order valence-corrected chi connectivity index (χ0v) is 16.0. The lowest BCUT2D eigenvalue weighted by atomic mass is 10.2. The van der Waals surface area contributed by atoms with Gasteiger partial charge >= 0.3 is 5.97 Å². The molecular formula is C19H16N4O5S. The Morgan fingerprint density at radius 1 is 1.17 bits per heavy atom. The molecule has 3 rings (SSSR count). The van der Waals surface area contributed by atoms with E-state index in [1.165, 1.54) is 36.2 Å². The predicted octanol–water partition coefficient (Wildman–Crippen LogP) is 3.59. The molecule has 148 valence electrons. The van der Waals surface area contributed by atoms with E-state index in [0.29, 0.717) is 4.90 Å². The number of nitro benzene ring substituents is 1. The molecule has 2 N–H and O–H groups in total. The summed E-state index contributed by atoms with van der Waals surface area (Å²) in [7, 11) is 0. The van der Waals surface area contributed by atoms with Crippen LogP contribution in [0.1, 0.15) is 16.1 Å². The van der Waals surface area contributed by atoms with Crippen LogP contribution >= 0.6 is 11.8 Å². The number of hydrogen-bond donors (Lipinski definition) is 2. The number of anilines is 1. The number of nitrogens with zero attached hydrogens (tertiary/aromatic N) is 3. The van der Waals surface area contributed by atoms with E-state index in [-0.39, 0.29) is 23.6 Å². The van der Waals surface area contributed by atoms with Crippen molar-refractivity contribution >= 4 is 35.0 Å². The third-order valence-corrected chi connectivity index (χ3v) is 4.85. The highest BCUT2D eigenvalue weighted by atomic mass is 32.2. The van der Waals surface area contributed by atoms with Crippen molar-refractivity contribution in [1.82, 2.24) is 9.78 Å². The number of carboxylic acid groups (broad SMARTS) is 1. The Morgan fingerprint density at radius 2 is 1.90 bits per heavy atom. The Hall–Kier alpha value is -3.66. The molecule has 0 fully saturated rings. The molecule has 0 atom stereocenters. The minimum Gasteiger partial charge on any atom is -0.477 e. The SMILES string of the molecule is Cc1ccc(Sc2cc(NC(=O)Cn3nccc3C(=O)O)cc([N+](=O)[O-])c2)cc1. The molecule has 2 aromatic carbocycles. The third-order valence-electron chi connectivity index (χ3n) is 3.87. The smallest absolute Gasteiger partial charge is 0.354 e. The molecule has 0 aliphatic carbocycles. The van der Waals surface area contributed by atoms with Gasteiger partial charge in [0.1, 0.15) is 12.2 Å². The van der Waals surface area contributed by atoms with E-state index in [2.05, 4.69) is 10.4 Å². The second-order valence-electron chi connectivity index (χ2n) is 6.12. The van der Waals surface area contributed by atoms with E-state index in [1.54, 1.807) is 6.07 Å². The fraction of sp³-hybridized carbons (Fsp3) is 0.105. The first-order chi connectivity index (χ1) is 13.8. The maximum Gasteiger partial charge on any atom is 0.354 e. The second kappa shape index (κ2) is 8.57. The fourth-order valence-electron chi connectivity index (χ4n) is 2.54. The van der Waals surface area contributed by atoms with Crippen LogP contribution in [0.15, 0.2) is 64.5 Å². The second-order valence-corrected chi connectivity index (χ2v) is 7.26. The molecule has 3 aromatic rings. The summed E-state index contributed by atoms with van der Waals surface area (Å²) in [6.07, 6.45) is 1.28. The van der Waals surface area contributed by atoms with Gasteiger partial charge < -0.3 is 10.4 Å². The van der Waals surface area contributed by atoms with Crippen LogP contribution in [0.25, 0.3) is 0 Å². The van der Waals surface area contributed by atoms with Gasteiger partial charge in [-0.2, -0.15) is 5.10 Å². The summed E-state index contributed by atoms with van der Waals surface area (Å²) in [6.45, 7) is 1.63. The number of nitrogens with one attached hydrogen (secondary N) is 1. The van der Waals surface area contributed by atoms with Crippen molar-refractivity contribution in [2.75, 3.05) is 5.32 Å². The fourth-order valence-corrected chi connectivity index (χ4v) is 3.45. The average molecular weight is 412 g/mol. The van der Waals surface area contributed by atoms with Crippen LogP contribution in [0.5, 0.6) is 0 Å². The topological polar surface area (TPSA) is 127 Å². The van der Waals surface area contributed by atoms with Gasteiger partial charge in [0.05, 0.1) is 4.92 Å². The highest BCUT2D eigenvalue weighted by Crippen LogP contribution is 2.33. The molecule has 1 aromatic heterocycles. The molecular weight excluding hydrogens is 396 g/mol. The molecule has 0 aliphatic rings. The van der Waals surface area contributed by atoms with Crippen molar-refractivity contribution in [2.24, 2.45) is 0 Å². The molecule has 9 nitrogen and oxygen atoms in total. The van der Waals surface area contributed by atoms with Gasteiger partial charge in [-0.3, -0.25) is 14.9 Å². The van der Waals surface area contributed by atoms with Gasteiger partial charge in [0.2, 0.25) is 5.91 Å². The van der Waals surface area contributed by atoms with Crippen LogP contribution in [0.2, 0.25) is 0 Å². The number of hydrogen-bond acceptors (Lipinski definition) is 6. The number of aromatic nitrogens is 2. The van der Waals surface area contributed by atoms with Crippen LogP contribution < -0.4 is 5.32 Å². The zero-order chi connectivity index (χ0) is 21.0. The Balaban J connectivity index is 1.80. The van der Waals surface area contributed by atoms with E-state index in [0.717, 1.165) is 15.1 Å². The van der Waals surface area contributed by atoms with Crippen molar-refractivity contribution in [3.63, 3.8) is 0 Å². The molecule has 0 bridgehead atoms. The van der Waals surface area contributed by atoms with Gasteiger partial charge in [0, 0.05) is 33.8 Å². The number of carbonyl (C=O) groups excluding carboxylic acids is 1. The number of amides is 1. The molecule has 0 saturated carbocycles. The average Bonchev–Trinajstić information content (AvgIpc) is 3.11. The lowest BCUT2D eigenvalue weighted by Crippen LogP contribution is -2.22. The van der Waals surface area contributed by atoms with E-state index < -0.39 is 16.8 Å². The molecule has 0 radical (unpaired) electrons. The molecule has 29 heavy (non-hydrogen) atoms. The molecule has 0 unspecified atom stereocenters. The van der Waals surface area contributed by atoms with E-state index in [9.17, 15) is 19.7 Å². The monoisotopic (exact) mass is 412 g/mol. The van der Waals surface area contributed by atoms with E-state index in [1.807, 2.05) is 31.2 Å². The molecule has 10 heteroatoms. The van der Waals surface area contributed by atoms with Crippen LogP contribution in [-0.4, -0.2) is 31.7 Å². The van der Waals surface area contributed by atoms with Crippen LogP contribution in [0.4, 0.5) is 11.4 Å². The summed E-state index contributed by atoms with van der Waals surface area (Å²) < 4.78 is 1.04. The molecule has 0 spiro atoms. The van der Waals surface area contributed by atoms with Crippen molar-refractivity contribution in [3.05, 3.63) is 76.1 Å². The first-order valence-electron chi connectivity index (χ1n) is 8.41. The summed E-state index contributed by atoms with van der Waals surface area (Å²) in [5.74, 6) is -1.76. The van der Waals surface area contributed by atoms with Gasteiger partial charge in [0.25, 0.3) is 5.69 Å². The minimum atomic E-state index is -1.21. The standard InChI is InChI=1S/C19H16N4O5S/c1-12-2-4-15(5-3-12)29-16-9-13(8-14(10-16)23(27)28)21-18(24)11-22-17(19(25)26)6-7-20-22/h2-10H,11H2,1H3,(H,21,24)(H,25,26).